The Kier molecular flexibility index (Phi) is 6.53. The van der Waals surface area contributed by atoms with E-state index in [2.05, 4.69) is 16.2 Å². The molecule has 0 aliphatic rings. The van der Waals surface area contributed by atoms with E-state index in [0.717, 1.165) is 6.42 Å². The molecule has 130 valence electrons. The van der Waals surface area contributed by atoms with Crippen molar-refractivity contribution in [1.82, 2.24) is 10.9 Å². The van der Waals surface area contributed by atoms with Crippen LogP contribution in [0.2, 0.25) is 0 Å². The molecule has 1 aromatic carbocycles. The predicted molar refractivity (Wildman–Crippen MR) is 93.3 cm³/mol. The lowest BCUT2D eigenvalue weighted by Gasteiger charge is -2.07. The van der Waals surface area contributed by atoms with Crippen LogP contribution in [0.3, 0.4) is 0 Å². The molecule has 0 spiro atoms. The third-order valence-corrected chi connectivity index (χ3v) is 3.15. The Morgan fingerprint density at radius 3 is 2.48 bits per heavy atom. The zero-order chi connectivity index (χ0) is 18.1. The molecule has 25 heavy (non-hydrogen) atoms. The first kappa shape index (κ1) is 18.0. The Balaban J connectivity index is 1.82. The number of carbonyl (C=O) groups excluding carboxylic acids is 3. The largest absolute Gasteiger partial charge is 0.465 e. The number of hydrogen-bond acceptors (Lipinski definition) is 4. The molecule has 3 amide bonds. The number of carbonyl (C=O) groups is 3. The Bertz CT molecular complexity index is 749. The van der Waals surface area contributed by atoms with Crippen molar-refractivity contribution in [2.75, 3.05) is 5.32 Å². The zero-order valence-electron chi connectivity index (χ0n) is 13.7. The van der Waals surface area contributed by atoms with Crippen LogP contribution in [0.5, 0.6) is 0 Å². The SMILES string of the molecule is CCCC(=O)Nc1ccc(C(=O)NNC(=O)C=Cc2ccco2)cc1. The van der Waals surface area contributed by atoms with Crippen LogP contribution in [0.4, 0.5) is 5.69 Å². The monoisotopic (exact) mass is 341 g/mol. The molecule has 0 unspecified atom stereocenters. The molecule has 7 heteroatoms. The molecular weight excluding hydrogens is 322 g/mol. The lowest BCUT2D eigenvalue weighted by Crippen LogP contribution is -2.40. The van der Waals surface area contributed by atoms with Crippen molar-refractivity contribution in [2.24, 2.45) is 0 Å². The molecule has 0 atom stereocenters. The highest BCUT2D eigenvalue weighted by atomic mass is 16.3. The van der Waals surface area contributed by atoms with Crippen molar-refractivity contribution < 1.29 is 18.8 Å². The van der Waals surface area contributed by atoms with Gasteiger partial charge in [-0.3, -0.25) is 25.2 Å². The second-order valence-electron chi connectivity index (χ2n) is 5.17. The van der Waals surface area contributed by atoms with Crippen LogP contribution in [-0.4, -0.2) is 17.7 Å². The quantitative estimate of drug-likeness (QED) is 0.555. The van der Waals surface area contributed by atoms with Crippen LogP contribution >= 0.6 is 0 Å². The number of amides is 3. The fourth-order valence-electron chi connectivity index (χ4n) is 1.93. The van der Waals surface area contributed by atoms with Gasteiger partial charge in [0.25, 0.3) is 11.8 Å². The summed E-state index contributed by atoms with van der Waals surface area (Å²) in [6.07, 6.45) is 5.43. The summed E-state index contributed by atoms with van der Waals surface area (Å²) in [4.78, 5) is 35.1. The van der Waals surface area contributed by atoms with Crippen LogP contribution in [0, 0.1) is 0 Å². The second kappa shape index (κ2) is 9.07. The highest BCUT2D eigenvalue weighted by molar-refractivity contribution is 5.98. The van der Waals surface area contributed by atoms with Gasteiger partial charge in [-0.05, 0) is 48.9 Å². The highest BCUT2D eigenvalue weighted by Crippen LogP contribution is 2.10. The Hall–Kier alpha value is -3.35. The van der Waals surface area contributed by atoms with Gasteiger partial charge < -0.3 is 9.73 Å². The number of nitrogens with one attached hydrogen (secondary N) is 3. The van der Waals surface area contributed by atoms with Gasteiger partial charge in [-0.25, -0.2) is 0 Å². The minimum Gasteiger partial charge on any atom is -0.465 e. The summed E-state index contributed by atoms with van der Waals surface area (Å²) in [5, 5.41) is 2.73. The van der Waals surface area contributed by atoms with Gasteiger partial charge in [0.1, 0.15) is 5.76 Å². The van der Waals surface area contributed by atoms with E-state index in [-0.39, 0.29) is 5.91 Å². The van der Waals surface area contributed by atoms with E-state index in [1.165, 1.54) is 18.4 Å². The first-order valence-electron chi connectivity index (χ1n) is 7.80. The molecule has 0 aliphatic carbocycles. The summed E-state index contributed by atoms with van der Waals surface area (Å²) in [6.45, 7) is 1.92. The molecule has 0 saturated heterocycles. The van der Waals surface area contributed by atoms with Crippen molar-refractivity contribution in [3.63, 3.8) is 0 Å². The number of rotatable bonds is 6. The Morgan fingerprint density at radius 2 is 1.84 bits per heavy atom. The maximum atomic E-state index is 12.0. The summed E-state index contributed by atoms with van der Waals surface area (Å²) >= 11 is 0. The van der Waals surface area contributed by atoms with Gasteiger partial charge >= 0.3 is 0 Å². The maximum Gasteiger partial charge on any atom is 0.269 e. The third kappa shape index (κ3) is 5.98. The van der Waals surface area contributed by atoms with Crippen LogP contribution in [0.15, 0.2) is 53.2 Å². The van der Waals surface area contributed by atoms with E-state index in [1.807, 2.05) is 6.92 Å². The molecule has 0 bridgehead atoms. The Labute approximate surface area is 145 Å². The number of hydrazine groups is 1. The molecular formula is C18H19N3O4. The van der Waals surface area contributed by atoms with Crippen LogP contribution in [-0.2, 0) is 9.59 Å². The van der Waals surface area contributed by atoms with Crippen molar-refractivity contribution in [1.29, 1.82) is 0 Å². The first-order chi connectivity index (χ1) is 12.1. The van der Waals surface area contributed by atoms with E-state index < -0.39 is 11.8 Å². The van der Waals surface area contributed by atoms with Gasteiger partial charge in [-0.2, -0.15) is 0 Å². The van der Waals surface area contributed by atoms with Crippen LogP contribution in [0.25, 0.3) is 6.08 Å². The van der Waals surface area contributed by atoms with Crippen molar-refractivity contribution in [3.05, 3.63) is 60.1 Å². The summed E-state index contributed by atoms with van der Waals surface area (Å²) in [6, 6.07) is 9.77. The fraction of sp³-hybridized carbons (Fsp3) is 0.167. The summed E-state index contributed by atoms with van der Waals surface area (Å²) in [5.74, 6) is -0.503. The molecule has 7 nitrogen and oxygen atoms in total. The highest BCUT2D eigenvalue weighted by Gasteiger charge is 2.07. The zero-order valence-corrected chi connectivity index (χ0v) is 13.7. The van der Waals surface area contributed by atoms with Crippen molar-refractivity contribution in [3.8, 4) is 0 Å². The standard InChI is InChI=1S/C18H19N3O4/c1-2-4-16(22)19-14-8-6-13(7-9-14)18(24)21-20-17(23)11-10-15-5-3-12-25-15/h3,5-12H,2,4H2,1H3,(H,19,22)(H,20,23)(H,21,24). The number of benzene rings is 1. The molecule has 2 aromatic rings. The lowest BCUT2D eigenvalue weighted by molar-refractivity contribution is -0.117. The molecule has 1 heterocycles. The van der Waals surface area contributed by atoms with E-state index in [9.17, 15) is 14.4 Å². The van der Waals surface area contributed by atoms with E-state index in [1.54, 1.807) is 36.4 Å². The van der Waals surface area contributed by atoms with Crippen LogP contribution < -0.4 is 16.2 Å². The second-order valence-corrected chi connectivity index (χ2v) is 5.17. The Morgan fingerprint density at radius 1 is 1.08 bits per heavy atom. The smallest absolute Gasteiger partial charge is 0.269 e. The predicted octanol–water partition coefficient (Wildman–Crippen LogP) is 2.49. The van der Waals surface area contributed by atoms with Crippen LogP contribution in [0.1, 0.15) is 35.9 Å². The number of anilines is 1. The van der Waals surface area contributed by atoms with E-state index >= 15 is 0 Å². The van der Waals surface area contributed by atoms with E-state index in [0.29, 0.717) is 23.4 Å². The third-order valence-electron chi connectivity index (χ3n) is 3.15. The van der Waals surface area contributed by atoms with Gasteiger partial charge in [0, 0.05) is 23.7 Å². The number of hydrogen-bond donors (Lipinski definition) is 3. The first-order valence-corrected chi connectivity index (χ1v) is 7.80. The van der Waals surface area contributed by atoms with Gasteiger partial charge in [-0.1, -0.05) is 6.92 Å². The minimum absolute atomic E-state index is 0.0738. The summed E-state index contributed by atoms with van der Waals surface area (Å²) < 4.78 is 5.05. The van der Waals surface area contributed by atoms with Gasteiger partial charge in [-0.15, -0.1) is 0 Å². The summed E-state index contributed by atoms with van der Waals surface area (Å²) in [5.41, 5.74) is 5.53. The number of furan rings is 1. The van der Waals surface area contributed by atoms with Gasteiger partial charge in [0.05, 0.1) is 6.26 Å². The van der Waals surface area contributed by atoms with Gasteiger partial charge in [0.15, 0.2) is 0 Å². The topological polar surface area (TPSA) is 100 Å². The maximum absolute atomic E-state index is 12.0. The molecule has 0 saturated carbocycles. The molecule has 1 aromatic heterocycles. The normalized spacial score (nSPS) is 10.4. The molecule has 0 radical (unpaired) electrons. The average Bonchev–Trinajstić information content (AvgIpc) is 3.12. The fourth-order valence-corrected chi connectivity index (χ4v) is 1.93. The molecule has 2 rings (SSSR count). The van der Waals surface area contributed by atoms with Gasteiger partial charge in [0.2, 0.25) is 5.91 Å². The van der Waals surface area contributed by atoms with Crippen molar-refractivity contribution in [2.45, 2.75) is 19.8 Å². The molecule has 0 fully saturated rings. The van der Waals surface area contributed by atoms with Crippen molar-refractivity contribution >= 4 is 29.5 Å². The summed E-state index contributed by atoms with van der Waals surface area (Å²) in [7, 11) is 0. The lowest BCUT2D eigenvalue weighted by atomic mass is 10.2. The average molecular weight is 341 g/mol. The van der Waals surface area contributed by atoms with E-state index in [4.69, 9.17) is 4.42 Å². The molecule has 0 aliphatic heterocycles. The molecule has 3 N–H and O–H groups in total. The minimum atomic E-state index is -0.492.